The van der Waals surface area contributed by atoms with Crippen LogP contribution in [0.25, 0.3) is 0 Å². The Bertz CT molecular complexity index is 497. The van der Waals surface area contributed by atoms with Crippen LogP contribution < -0.4 is 5.32 Å². The van der Waals surface area contributed by atoms with E-state index in [0.29, 0.717) is 12.8 Å². The molecule has 0 aliphatic carbocycles. The van der Waals surface area contributed by atoms with Gasteiger partial charge in [0.1, 0.15) is 5.54 Å². The highest BCUT2D eigenvalue weighted by molar-refractivity contribution is 6.10. The Kier molecular flexibility index (Phi) is 3.44. The van der Waals surface area contributed by atoms with Gasteiger partial charge in [-0.3, -0.25) is 29.4 Å². The van der Waals surface area contributed by atoms with Gasteiger partial charge in [0.05, 0.1) is 0 Å². The Hall–Kier alpha value is -1.72. The van der Waals surface area contributed by atoms with Gasteiger partial charge in [-0.15, -0.1) is 0 Å². The van der Waals surface area contributed by atoms with Crippen molar-refractivity contribution in [3.05, 3.63) is 0 Å². The van der Waals surface area contributed by atoms with Crippen LogP contribution >= 0.6 is 0 Å². The topological polar surface area (TPSA) is 83.6 Å². The SMILES string of the molecule is CCC1(N2C(=O)CCC(C)(C)C2=O)CCC(=O)NC1=O. The van der Waals surface area contributed by atoms with E-state index in [0.717, 1.165) is 4.90 Å². The molecule has 4 amide bonds. The molecule has 0 aromatic rings. The summed E-state index contributed by atoms with van der Waals surface area (Å²) >= 11 is 0. The number of rotatable bonds is 2. The van der Waals surface area contributed by atoms with Gasteiger partial charge in [0.2, 0.25) is 17.7 Å². The van der Waals surface area contributed by atoms with Crippen LogP contribution in [0, 0.1) is 5.41 Å². The Morgan fingerprint density at radius 2 is 1.75 bits per heavy atom. The summed E-state index contributed by atoms with van der Waals surface area (Å²) in [6.45, 7) is 5.32. The fourth-order valence-corrected chi connectivity index (χ4v) is 2.94. The van der Waals surface area contributed by atoms with Gasteiger partial charge in [-0.05, 0) is 19.3 Å². The highest BCUT2D eigenvalue weighted by Crippen LogP contribution is 2.39. The number of hydrogen-bond donors (Lipinski definition) is 1. The average Bonchev–Trinajstić information content (AvgIpc) is 2.38. The van der Waals surface area contributed by atoms with Crippen molar-refractivity contribution in [3.8, 4) is 0 Å². The molecule has 2 heterocycles. The lowest BCUT2D eigenvalue weighted by molar-refractivity contribution is -0.171. The van der Waals surface area contributed by atoms with Gasteiger partial charge < -0.3 is 0 Å². The summed E-state index contributed by atoms with van der Waals surface area (Å²) in [7, 11) is 0. The van der Waals surface area contributed by atoms with Gasteiger partial charge in [-0.1, -0.05) is 20.8 Å². The average molecular weight is 280 g/mol. The first-order valence-electron chi connectivity index (χ1n) is 6.96. The number of nitrogens with zero attached hydrogens (tertiary/aromatic N) is 1. The van der Waals surface area contributed by atoms with Crippen LogP contribution in [-0.2, 0) is 19.2 Å². The van der Waals surface area contributed by atoms with Gasteiger partial charge in [0, 0.05) is 18.3 Å². The molecule has 0 radical (unpaired) electrons. The van der Waals surface area contributed by atoms with Crippen molar-refractivity contribution in [1.29, 1.82) is 0 Å². The standard InChI is InChI=1S/C14H20N2O4/c1-4-14(8-5-9(17)15-11(14)19)16-10(18)6-7-13(2,3)12(16)20/h4-8H2,1-3H3,(H,15,17,19). The molecule has 2 fully saturated rings. The van der Waals surface area contributed by atoms with Crippen molar-refractivity contribution >= 4 is 23.6 Å². The molecule has 1 atom stereocenters. The Morgan fingerprint density at radius 3 is 2.30 bits per heavy atom. The number of likely N-dealkylation sites (tertiary alicyclic amines) is 1. The van der Waals surface area contributed by atoms with Gasteiger partial charge in [0.25, 0.3) is 5.91 Å². The molecule has 2 saturated heterocycles. The fraction of sp³-hybridized carbons (Fsp3) is 0.714. The molecule has 1 N–H and O–H groups in total. The fourth-order valence-electron chi connectivity index (χ4n) is 2.94. The summed E-state index contributed by atoms with van der Waals surface area (Å²) in [6, 6.07) is 0. The monoisotopic (exact) mass is 280 g/mol. The van der Waals surface area contributed by atoms with E-state index in [-0.39, 0.29) is 37.0 Å². The minimum absolute atomic E-state index is 0.150. The van der Waals surface area contributed by atoms with Crippen LogP contribution in [0.15, 0.2) is 0 Å². The predicted octanol–water partition coefficient (Wildman–Crippen LogP) is 0.747. The minimum Gasteiger partial charge on any atom is -0.294 e. The maximum Gasteiger partial charge on any atom is 0.253 e. The summed E-state index contributed by atoms with van der Waals surface area (Å²) < 4.78 is 0. The van der Waals surface area contributed by atoms with Crippen LogP contribution in [0.2, 0.25) is 0 Å². The van der Waals surface area contributed by atoms with Crippen molar-refractivity contribution in [2.45, 2.75) is 58.4 Å². The normalized spacial score (nSPS) is 30.4. The van der Waals surface area contributed by atoms with Crippen LogP contribution in [0.4, 0.5) is 0 Å². The molecule has 110 valence electrons. The van der Waals surface area contributed by atoms with E-state index in [2.05, 4.69) is 5.32 Å². The molecule has 6 heteroatoms. The number of carbonyl (C=O) groups excluding carboxylic acids is 4. The summed E-state index contributed by atoms with van der Waals surface area (Å²) in [4.78, 5) is 49.5. The second-order valence-electron chi connectivity index (χ2n) is 6.18. The summed E-state index contributed by atoms with van der Waals surface area (Å²) in [5.74, 6) is -1.52. The molecule has 0 saturated carbocycles. The molecule has 0 aromatic carbocycles. The van der Waals surface area contributed by atoms with E-state index in [4.69, 9.17) is 0 Å². The van der Waals surface area contributed by atoms with Crippen LogP contribution in [0.1, 0.15) is 52.9 Å². The van der Waals surface area contributed by atoms with Crippen LogP contribution in [0.3, 0.4) is 0 Å². The quantitative estimate of drug-likeness (QED) is 0.756. The first-order valence-corrected chi connectivity index (χ1v) is 6.96. The highest BCUT2D eigenvalue weighted by atomic mass is 16.2. The zero-order valence-corrected chi connectivity index (χ0v) is 12.1. The molecule has 2 rings (SSSR count). The third-order valence-electron chi connectivity index (χ3n) is 4.45. The van der Waals surface area contributed by atoms with Crippen molar-refractivity contribution in [1.82, 2.24) is 10.2 Å². The van der Waals surface area contributed by atoms with E-state index >= 15 is 0 Å². The molecular formula is C14H20N2O4. The lowest BCUT2D eigenvalue weighted by Gasteiger charge is -2.47. The summed E-state index contributed by atoms with van der Waals surface area (Å²) in [5, 5.41) is 2.26. The van der Waals surface area contributed by atoms with Gasteiger partial charge in [-0.25, -0.2) is 0 Å². The maximum atomic E-state index is 12.6. The molecule has 1 unspecified atom stereocenters. The lowest BCUT2D eigenvalue weighted by atomic mass is 9.76. The van der Waals surface area contributed by atoms with Crippen molar-refractivity contribution in [3.63, 3.8) is 0 Å². The van der Waals surface area contributed by atoms with Crippen molar-refractivity contribution in [2.24, 2.45) is 5.41 Å². The number of amides is 4. The van der Waals surface area contributed by atoms with E-state index in [9.17, 15) is 19.2 Å². The molecular weight excluding hydrogens is 260 g/mol. The van der Waals surface area contributed by atoms with Crippen molar-refractivity contribution in [2.75, 3.05) is 0 Å². The third kappa shape index (κ3) is 2.03. The molecule has 0 aromatic heterocycles. The number of nitrogens with one attached hydrogen (secondary N) is 1. The first kappa shape index (κ1) is 14.7. The number of hydrogen-bond acceptors (Lipinski definition) is 4. The molecule has 20 heavy (non-hydrogen) atoms. The molecule has 2 aliphatic rings. The molecule has 0 spiro atoms. The van der Waals surface area contributed by atoms with E-state index < -0.39 is 16.9 Å². The zero-order chi connectivity index (χ0) is 15.1. The largest absolute Gasteiger partial charge is 0.294 e. The zero-order valence-electron chi connectivity index (χ0n) is 12.1. The maximum absolute atomic E-state index is 12.6. The van der Waals surface area contributed by atoms with E-state index in [1.54, 1.807) is 20.8 Å². The molecule has 2 aliphatic heterocycles. The van der Waals surface area contributed by atoms with Gasteiger partial charge in [-0.2, -0.15) is 0 Å². The van der Waals surface area contributed by atoms with Crippen LogP contribution in [0.5, 0.6) is 0 Å². The molecule has 6 nitrogen and oxygen atoms in total. The minimum atomic E-state index is -1.21. The highest BCUT2D eigenvalue weighted by Gasteiger charge is 2.55. The predicted molar refractivity (Wildman–Crippen MR) is 70.3 cm³/mol. The Morgan fingerprint density at radius 1 is 1.10 bits per heavy atom. The number of carbonyl (C=O) groups is 4. The van der Waals surface area contributed by atoms with Crippen molar-refractivity contribution < 1.29 is 19.2 Å². The van der Waals surface area contributed by atoms with E-state index in [1.165, 1.54) is 0 Å². The second-order valence-corrected chi connectivity index (χ2v) is 6.18. The number of piperidine rings is 2. The first-order chi connectivity index (χ1) is 9.24. The van der Waals surface area contributed by atoms with Crippen LogP contribution in [-0.4, -0.2) is 34.1 Å². The number of imide groups is 2. The Labute approximate surface area is 117 Å². The second kappa shape index (κ2) is 4.68. The lowest BCUT2D eigenvalue weighted by Crippen LogP contribution is -2.68. The van der Waals surface area contributed by atoms with E-state index in [1.807, 2.05) is 0 Å². The van der Waals surface area contributed by atoms with Gasteiger partial charge in [0.15, 0.2) is 0 Å². The molecule has 0 bridgehead atoms. The van der Waals surface area contributed by atoms with Gasteiger partial charge >= 0.3 is 0 Å². The Balaban J connectivity index is 2.44. The summed E-state index contributed by atoms with van der Waals surface area (Å²) in [5.41, 5.74) is -1.86. The third-order valence-corrected chi connectivity index (χ3v) is 4.45. The summed E-state index contributed by atoms with van der Waals surface area (Å²) in [6.07, 6.45) is 1.42. The smallest absolute Gasteiger partial charge is 0.253 e.